The van der Waals surface area contributed by atoms with Crippen LogP contribution in [0, 0.1) is 0 Å². The molecular weight excluding hydrogens is 406 g/mol. The van der Waals surface area contributed by atoms with Gasteiger partial charge in [0.05, 0.1) is 13.1 Å². The topological polar surface area (TPSA) is 101 Å². The maximum atomic E-state index is 12.3. The molecule has 0 unspecified atom stereocenters. The number of ketones is 1. The molecule has 2 heterocycles. The zero-order chi connectivity index (χ0) is 21.9. The van der Waals surface area contributed by atoms with E-state index < -0.39 is 11.9 Å². The molecule has 0 atom stereocenters. The summed E-state index contributed by atoms with van der Waals surface area (Å²) in [5.41, 5.74) is 0.773. The summed E-state index contributed by atoms with van der Waals surface area (Å²) < 4.78 is 0. The Labute approximate surface area is 182 Å². The third-order valence-electron chi connectivity index (χ3n) is 5.28. The number of nitrogens with zero attached hydrogens (tertiary/aromatic N) is 3. The van der Waals surface area contributed by atoms with Crippen LogP contribution in [0.1, 0.15) is 47.8 Å². The lowest BCUT2D eigenvalue weighted by molar-refractivity contribution is -0.140. The van der Waals surface area contributed by atoms with Crippen molar-refractivity contribution in [1.29, 1.82) is 0 Å². The molecule has 30 heavy (non-hydrogen) atoms. The van der Waals surface area contributed by atoms with Crippen LogP contribution in [0.25, 0.3) is 0 Å². The summed E-state index contributed by atoms with van der Waals surface area (Å²) in [6.45, 7) is 6.38. The largest absolute Gasteiger partial charge is 0.480 e. The van der Waals surface area contributed by atoms with Crippen LogP contribution in [0.2, 0.25) is 0 Å². The van der Waals surface area contributed by atoms with Gasteiger partial charge in [-0.05, 0) is 12.5 Å². The third-order valence-corrected chi connectivity index (χ3v) is 6.20. The van der Waals surface area contributed by atoms with E-state index in [1.165, 1.54) is 0 Å². The minimum absolute atomic E-state index is 0.0514. The number of Topliss-reactive ketones (excluding diaryl/α,β-unsaturated/α-hetero) is 1. The lowest BCUT2D eigenvalue weighted by Crippen LogP contribution is -2.40. The van der Waals surface area contributed by atoms with Gasteiger partial charge in [-0.1, -0.05) is 19.8 Å². The monoisotopic (exact) mass is 439 g/mol. The van der Waals surface area contributed by atoms with Gasteiger partial charge in [-0.2, -0.15) is 0 Å². The standard InChI is InChI=1S/C21H33N3O5S/c1-2-3-4-5-19(25)17-12-18(30-16-17)13-22-6-8-23(14-20(26)27)10-11-24(9-7-22)15-21(28)29/h12,16H,2-11,13-15H2,1H3,(H,26,27)(H,28,29). The Morgan fingerprint density at radius 2 is 1.43 bits per heavy atom. The van der Waals surface area contributed by atoms with E-state index in [2.05, 4.69) is 11.8 Å². The fourth-order valence-corrected chi connectivity index (χ4v) is 4.48. The van der Waals surface area contributed by atoms with Crippen molar-refractivity contribution in [3.63, 3.8) is 0 Å². The predicted octanol–water partition coefficient (Wildman–Crippen LogP) is 2.10. The zero-order valence-corrected chi connectivity index (χ0v) is 18.5. The van der Waals surface area contributed by atoms with Crippen LogP contribution >= 0.6 is 11.3 Å². The second kappa shape index (κ2) is 12.8. The van der Waals surface area contributed by atoms with Crippen molar-refractivity contribution in [2.24, 2.45) is 0 Å². The summed E-state index contributed by atoms with van der Waals surface area (Å²) in [7, 11) is 0. The average Bonchev–Trinajstić information content (AvgIpc) is 3.16. The molecule has 0 spiro atoms. The highest BCUT2D eigenvalue weighted by molar-refractivity contribution is 7.10. The molecule has 2 N–H and O–H groups in total. The molecular formula is C21H33N3O5S. The van der Waals surface area contributed by atoms with Crippen molar-refractivity contribution in [2.45, 2.75) is 39.2 Å². The second-order valence-corrected chi connectivity index (χ2v) is 8.79. The lowest BCUT2D eigenvalue weighted by Gasteiger charge is -2.24. The molecule has 8 nitrogen and oxygen atoms in total. The number of unbranched alkanes of at least 4 members (excludes halogenated alkanes) is 2. The molecule has 0 aromatic carbocycles. The summed E-state index contributed by atoms with van der Waals surface area (Å²) in [4.78, 5) is 41.7. The molecule has 0 bridgehead atoms. The predicted molar refractivity (Wildman–Crippen MR) is 116 cm³/mol. The van der Waals surface area contributed by atoms with Gasteiger partial charge in [0.25, 0.3) is 0 Å². The molecule has 1 aliphatic heterocycles. The fourth-order valence-electron chi connectivity index (χ4n) is 3.55. The van der Waals surface area contributed by atoms with Crippen molar-refractivity contribution in [3.05, 3.63) is 21.9 Å². The van der Waals surface area contributed by atoms with Crippen LogP contribution in [-0.4, -0.2) is 95.0 Å². The van der Waals surface area contributed by atoms with Gasteiger partial charge in [0.2, 0.25) is 0 Å². The van der Waals surface area contributed by atoms with E-state index in [-0.39, 0.29) is 18.9 Å². The van der Waals surface area contributed by atoms with Gasteiger partial charge in [-0.25, -0.2) is 0 Å². The Bertz CT molecular complexity index is 681. The molecule has 1 saturated heterocycles. The maximum Gasteiger partial charge on any atom is 0.317 e. The SMILES string of the molecule is CCCCCC(=O)c1csc(CN2CCN(CC(=O)O)CCN(CC(=O)O)CC2)c1. The first kappa shape index (κ1) is 24.5. The maximum absolute atomic E-state index is 12.3. The van der Waals surface area contributed by atoms with Crippen LogP contribution in [0.15, 0.2) is 11.4 Å². The number of carbonyl (C=O) groups is 3. The van der Waals surface area contributed by atoms with Gasteiger partial charge in [0.15, 0.2) is 5.78 Å². The molecule has 1 aromatic rings. The van der Waals surface area contributed by atoms with E-state index in [4.69, 9.17) is 10.2 Å². The van der Waals surface area contributed by atoms with E-state index >= 15 is 0 Å². The normalized spacial score (nSPS) is 17.2. The van der Waals surface area contributed by atoms with Gasteiger partial charge in [0, 0.05) is 68.1 Å². The van der Waals surface area contributed by atoms with Gasteiger partial charge in [0.1, 0.15) is 0 Å². The Hall–Kier alpha value is -1.81. The Balaban J connectivity index is 1.99. The second-order valence-electron chi connectivity index (χ2n) is 7.80. The van der Waals surface area contributed by atoms with Gasteiger partial charge in [-0.15, -0.1) is 11.3 Å². The highest BCUT2D eigenvalue weighted by Gasteiger charge is 2.20. The van der Waals surface area contributed by atoms with Crippen LogP contribution in [-0.2, 0) is 16.1 Å². The van der Waals surface area contributed by atoms with E-state index in [1.54, 1.807) is 11.3 Å². The fraction of sp³-hybridized carbons (Fsp3) is 0.667. The van der Waals surface area contributed by atoms with Crippen LogP contribution in [0.5, 0.6) is 0 Å². The summed E-state index contributed by atoms with van der Waals surface area (Å²) in [6.07, 6.45) is 3.67. The van der Waals surface area contributed by atoms with E-state index in [9.17, 15) is 14.4 Å². The van der Waals surface area contributed by atoms with E-state index in [0.29, 0.717) is 52.2 Å². The molecule has 0 saturated carbocycles. The number of carboxylic acids is 2. The minimum atomic E-state index is -0.880. The zero-order valence-electron chi connectivity index (χ0n) is 17.7. The number of aliphatic carboxylic acids is 2. The smallest absolute Gasteiger partial charge is 0.317 e. The van der Waals surface area contributed by atoms with Crippen LogP contribution < -0.4 is 0 Å². The molecule has 1 aromatic heterocycles. The molecule has 0 aliphatic carbocycles. The Kier molecular flexibility index (Phi) is 10.4. The minimum Gasteiger partial charge on any atom is -0.480 e. The highest BCUT2D eigenvalue weighted by atomic mass is 32.1. The number of thiophene rings is 1. The summed E-state index contributed by atoms with van der Waals surface area (Å²) in [5.74, 6) is -1.57. The first-order valence-electron chi connectivity index (χ1n) is 10.6. The molecule has 1 aliphatic rings. The van der Waals surface area contributed by atoms with Crippen molar-refractivity contribution in [3.8, 4) is 0 Å². The Morgan fingerprint density at radius 3 is 1.93 bits per heavy atom. The summed E-state index contributed by atoms with van der Waals surface area (Å²) in [6, 6.07) is 1.97. The van der Waals surface area contributed by atoms with Crippen molar-refractivity contribution in [2.75, 3.05) is 52.4 Å². The summed E-state index contributed by atoms with van der Waals surface area (Å²) in [5, 5.41) is 20.2. The first-order chi connectivity index (χ1) is 14.4. The van der Waals surface area contributed by atoms with Crippen LogP contribution in [0.3, 0.4) is 0 Å². The number of hydrogen-bond acceptors (Lipinski definition) is 7. The van der Waals surface area contributed by atoms with E-state index in [0.717, 1.165) is 29.7 Å². The molecule has 0 radical (unpaired) electrons. The summed E-state index contributed by atoms with van der Waals surface area (Å²) >= 11 is 1.57. The molecule has 2 rings (SSSR count). The molecule has 9 heteroatoms. The number of carboxylic acid groups (broad SMARTS) is 2. The molecule has 1 fully saturated rings. The highest BCUT2D eigenvalue weighted by Crippen LogP contribution is 2.19. The quantitative estimate of drug-likeness (QED) is 0.399. The van der Waals surface area contributed by atoms with Crippen molar-refractivity contribution in [1.82, 2.24) is 14.7 Å². The van der Waals surface area contributed by atoms with Gasteiger partial charge in [-0.3, -0.25) is 29.1 Å². The van der Waals surface area contributed by atoms with Gasteiger partial charge >= 0.3 is 11.9 Å². The molecule has 168 valence electrons. The average molecular weight is 440 g/mol. The number of carbonyl (C=O) groups excluding carboxylic acids is 1. The Morgan fingerprint density at radius 1 is 0.900 bits per heavy atom. The van der Waals surface area contributed by atoms with Crippen molar-refractivity contribution >= 4 is 29.1 Å². The van der Waals surface area contributed by atoms with E-state index in [1.807, 2.05) is 21.2 Å². The number of hydrogen-bond donors (Lipinski definition) is 2. The molecule has 0 amide bonds. The van der Waals surface area contributed by atoms with Gasteiger partial charge < -0.3 is 10.2 Å². The lowest BCUT2D eigenvalue weighted by atomic mass is 10.1. The number of rotatable bonds is 11. The third kappa shape index (κ3) is 8.91. The van der Waals surface area contributed by atoms with Crippen molar-refractivity contribution < 1.29 is 24.6 Å². The van der Waals surface area contributed by atoms with Crippen LogP contribution in [0.4, 0.5) is 0 Å². The first-order valence-corrected chi connectivity index (χ1v) is 11.5.